The van der Waals surface area contributed by atoms with E-state index in [4.69, 9.17) is 14.2 Å². The first-order valence-electron chi connectivity index (χ1n) is 8.86. The molecule has 25 heavy (non-hydrogen) atoms. The predicted octanol–water partition coefficient (Wildman–Crippen LogP) is 4.10. The van der Waals surface area contributed by atoms with Crippen molar-refractivity contribution in [2.24, 2.45) is 0 Å². The van der Waals surface area contributed by atoms with Crippen LogP contribution in [0.2, 0.25) is 0 Å². The predicted molar refractivity (Wildman–Crippen MR) is 101 cm³/mol. The summed E-state index contributed by atoms with van der Waals surface area (Å²) in [5, 5.41) is 3.41. The van der Waals surface area contributed by atoms with Gasteiger partial charge >= 0.3 is 0 Å². The minimum absolute atomic E-state index is 0.537. The first-order valence-corrected chi connectivity index (χ1v) is 8.86. The minimum atomic E-state index is 0.537. The van der Waals surface area contributed by atoms with Gasteiger partial charge in [-0.15, -0.1) is 0 Å². The first-order chi connectivity index (χ1) is 12.2. The van der Waals surface area contributed by atoms with Gasteiger partial charge in [-0.3, -0.25) is 0 Å². The molecular weight excluding hydrogens is 314 g/mol. The maximum Gasteiger partial charge on any atom is 0.161 e. The highest BCUT2D eigenvalue weighted by molar-refractivity contribution is 5.43. The summed E-state index contributed by atoms with van der Waals surface area (Å²) in [5.41, 5.74) is 3.58. The molecule has 0 amide bonds. The van der Waals surface area contributed by atoms with E-state index in [1.807, 2.05) is 13.0 Å². The third-order valence-corrected chi connectivity index (χ3v) is 3.85. The number of hydrogen-bond acceptors (Lipinski definition) is 4. The Morgan fingerprint density at radius 3 is 2.40 bits per heavy atom. The lowest BCUT2D eigenvalue weighted by Crippen LogP contribution is -2.16. The number of aryl methyl sites for hydroxylation is 1. The first kappa shape index (κ1) is 19.3. The Morgan fingerprint density at radius 2 is 1.68 bits per heavy atom. The number of nitrogens with one attached hydrogen (secondary N) is 1. The average Bonchev–Trinajstić information content (AvgIpc) is 2.62. The fourth-order valence-corrected chi connectivity index (χ4v) is 2.47. The summed E-state index contributed by atoms with van der Waals surface area (Å²) in [7, 11) is 1.73. The number of benzene rings is 2. The summed E-state index contributed by atoms with van der Waals surface area (Å²) in [5.74, 6) is 1.58. The van der Waals surface area contributed by atoms with Gasteiger partial charge in [0.1, 0.15) is 6.61 Å². The topological polar surface area (TPSA) is 39.7 Å². The van der Waals surface area contributed by atoms with Crippen LogP contribution < -0.4 is 14.8 Å². The molecule has 4 nitrogen and oxygen atoms in total. The molecule has 136 valence electrons. The second-order valence-corrected chi connectivity index (χ2v) is 6.01. The molecule has 2 rings (SSSR count). The molecule has 0 saturated heterocycles. The molecule has 0 aliphatic heterocycles. The van der Waals surface area contributed by atoms with E-state index in [1.165, 1.54) is 11.1 Å². The van der Waals surface area contributed by atoms with Gasteiger partial charge in [0.15, 0.2) is 11.5 Å². The van der Waals surface area contributed by atoms with Crippen LogP contribution in [0.15, 0.2) is 42.5 Å². The maximum absolute atomic E-state index is 5.97. The zero-order valence-electron chi connectivity index (χ0n) is 15.5. The Labute approximate surface area is 151 Å². The van der Waals surface area contributed by atoms with E-state index >= 15 is 0 Å². The average molecular weight is 343 g/mol. The molecule has 0 atom stereocenters. The monoisotopic (exact) mass is 343 g/mol. The molecule has 0 radical (unpaired) electrons. The van der Waals surface area contributed by atoms with Gasteiger partial charge < -0.3 is 19.5 Å². The lowest BCUT2D eigenvalue weighted by Gasteiger charge is -2.14. The standard InChI is InChI=1S/C21H29NO3/c1-4-24-21-14-19(15-22-12-5-13-23-3)10-11-20(21)25-16-18-8-6-17(2)7-9-18/h6-11,14,22H,4-5,12-13,15-16H2,1-3H3. The van der Waals surface area contributed by atoms with Crippen molar-refractivity contribution >= 4 is 0 Å². The van der Waals surface area contributed by atoms with Crippen molar-refractivity contribution in [3.8, 4) is 11.5 Å². The Bertz CT molecular complexity index is 626. The highest BCUT2D eigenvalue weighted by Gasteiger charge is 2.07. The molecule has 0 fully saturated rings. The largest absolute Gasteiger partial charge is 0.490 e. The zero-order chi connectivity index (χ0) is 17.9. The minimum Gasteiger partial charge on any atom is -0.490 e. The van der Waals surface area contributed by atoms with Crippen molar-refractivity contribution in [2.75, 3.05) is 26.9 Å². The number of ether oxygens (including phenoxy) is 3. The molecule has 0 bridgehead atoms. The summed E-state index contributed by atoms with van der Waals surface area (Å²) >= 11 is 0. The molecule has 0 aliphatic rings. The van der Waals surface area contributed by atoms with Crippen LogP contribution in [0.5, 0.6) is 11.5 Å². The second-order valence-electron chi connectivity index (χ2n) is 6.01. The SMILES string of the molecule is CCOc1cc(CNCCCOC)ccc1OCc1ccc(C)cc1. The van der Waals surface area contributed by atoms with Crippen molar-refractivity contribution in [3.63, 3.8) is 0 Å². The molecule has 1 N–H and O–H groups in total. The number of hydrogen-bond donors (Lipinski definition) is 1. The molecular formula is C21H29NO3. The molecule has 0 aliphatic carbocycles. The van der Waals surface area contributed by atoms with Gasteiger partial charge in [0.05, 0.1) is 6.61 Å². The molecule has 2 aromatic rings. The van der Waals surface area contributed by atoms with Gasteiger partial charge in [0.25, 0.3) is 0 Å². The van der Waals surface area contributed by atoms with E-state index in [1.54, 1.807) is 7.11 Å². The molecule has 0 spiro atoms. The van der Waals surface area contributed by atoms with E-state index < -0.39 is 0 Å². The third kappa shape index (κ3) is 6.77. The molecule has 0 saturated carbocycles. The number of rotatable bonds is 11. The van der Waals surface area contributed by atoms with Crippen LogP contribution in [0.4, 0.5) is 0 Å². The van der Waals surface area contributed by atoms with E-state index in [0.29, 0.717) is 13.2 Å². The molecule has 0 unspecified atom stereocenters. The van der Waals surface area contributed by atoms with Crippen molar-refractivity contribution in [1.82, 2.24) is 5.32 Å². The van der Waals surface area contributed by atoms with Crippen molar-refractivity contribution < 1.29 is 14.2 Å². The van der Waals surface area contributed by atoms with E-state index in [0.717, 1.165) is 43.2 Å². The molecule has 4 heteroatoms. The lowest BCUT2D eigenvalue weighted by molar-refractivity contribution is 0.194. The fourth-order valence-electron chi connectivity index (χ4n) is 2.47. The third-order valence-electron chi connectivity index (χ3n) is 3.85. The summed E-state index contributed by atoms with van der Waals surface area (Å²) in [4.78, 5) is 0. The Balaban J connectivity index is 1.93. The maximum atomic E-state index is 5.97. The van der Waals surface area contributed by atoms with Crippen LogP contribution in [0, 0.1) is 6.92 Å². The van der Waals surface area contributed by atoms with E-state index in [2.05, 4.69) is 48.6 Å². The molecule has 0 heterocycles. The van der Waals surface area contributed by atoms with Crippen molar-refractivity contribution in [1.29, 1.82) is 0 Å². The second kappa shape index (κ2) is 10.7. The Hall–Kier alpha value is -2.04. The van der Waals surface area contributed by atoms with Gasteiger partial charge in [-0.1, -0.05) is 35.9 Å². The van der Waals surface area contributed by atoms with Crippen LogP contribution in [-0.2, 0) is 17.9 Å². The smallest absolute Gasteiger partial charge is 0.161 e. The van der Waals surface area contributed by atoms with Crippen LogP contribution in [-0.4, -0.2) is 26.9 Å². The highest BCUT2D eigenvalue weighted by atomic mass is 16.5. The van der Waals surface area contributed by atoms with E-state index in [-0.39, 0.29) is 0 Å². The fraction of sp³-hybridized carbons (Fsp3) is 0.429. The lowest BCUT2D eigenvalue weighted by atomic mass is 10.1. The number of methoxy groups -OCH3 is 1. The Kier molecular flexibility index (Phi) is 8.29. The summed E-state index contributed by atoms with van der Waals surface area (Å²) in [6.45, 7) is 7.74. The van der Waals surface area contributed by atoms with Gasteiger partial charge in [0.2, 0.25) is 0 Å². The van der Waals surface area contributed by atoms with Gasteiger partial charge in [-0.2, -0.15) is 0 Å². The van der Waals surface area contributed by atoms with E-state index in [9.17, 15) is 0 Å². The van der Waals surface area contributed by atoms with Gasteiger partial charge in [0, 0.05) is 20.3 Å². The quantitative estimate of drug-likeness (QED) is 0.624. The van der Waals surface area contributed by atoms with Crippen LogP contribution >= 0.6 is 0 Å². The molecule has 0 aromatic heterocycles. The van der Waals surface area contributed by atoms with Crippen molar-refractivity contribution in [3.05, 3.63) is 59.2 Å². The van der Waals surface area contributed by atoms with Crippen LogP contribution in [0.25, 0.3) is 0 Å². The van der Waals surface area contributed by atoms with Gasteiger partial charge in [-0.05, 0) is 50.1 Å². The zero-order valence-corrected chi connectivity index (χ0v) is 15.5. The summed E-state index contributed by atoms with van der Waals surface area (Å²) < 4.78 is 16.8. The Morgan fingerprint density at radius 1 is 0.920 bits per heavy atom. The molecule has 2 aromatic carbocycles. The summed E-state index contributed by atoms with van der Waals surface area (Å²) in [6.07, 6.45) is 1.01. The van der Waals surface area contributed by atoms with Crippen molar-refractivity contribution in [2.45, 2.75) is 33.4 Å². The van der Waals surface area contributed by atoms with Gasteiger partial charge in [-0.25, -0.2) is 0 Å². The normalized spacial score (nSPS) is 10.7. The highest BCUT2D eigenvalue weighted by Crippen LogP contribution is 2.29. The van der Waals surface area contributed by atoms with Crippen LogP contribution in [0.1, 0.15) is 30.0 Å². The summed E-state index contributed by atoms with van der Waals surface area (Å²) in [6, 6.07) is 14.5. The van der Waals surface area contributed by atoms with Crippen LogP contribution in [0.3, 0.4) is 0 Å².